The molecule has 0 radical (unpaired) electrons. The summed E-state index contributed by atoms with van der Waals surface area (Å²) in [6.45, 7) is 10.8. The molecule has 0 saturated carbocycles. The number of anilines is 1. The predicted molar refractivity (Wildman–Crippen MR) is 108 cm³/mol. The van der Waals surface area contributed by atoms with Crippen LogP contribution >= 0.6 is 15.9 Å². The maximum Gasteiger partial charge on any atom is 0.268 e. The van der Waals surface area contributed by atoms with Crippen molar-refractivity contribution in [2.45, 2.75) is 26.9 Å². The van der Waals surface area contributed by atoms with E-state index in [2.05, 4.69) is 49.0 Å². The van der Waals surface area contributed by atoms with Crippen molar-refractivity contribution in [2.75, 3.05) is 37.6 Å². The van der Waals surface area contributed by atoms with E-state index in [1.165, 1.54) is 0 Å². The van der Waals surface area contributed by atoms with Crippen molar-refractivity contribution in [1.82, 2.24) is 19.8 Å². The third-order valence-corrected chi connectivity index (χ3v) is 5.28. The Morgan fingerprint density at radius 3 is 2.58 bits per heavy atom. The number of piperazine rings is 1. The van der Waals surface area contributed by atoms with E-state index >= 15 is 0 Å². The number of aromatic nitrogens is 2. The Kier molecular flexibility index (Phi) is 6.32. The molecule has 2 aromatic rings. The van der Waals surface area contributed by atoms with Crippen LogP contribution in [-0.4, -0.2) is 53.1 Å². The van der Waals surface area contributed by atoms with Gasteiger partial charge in [0.15, 0.2) is 0 Å². The lowest BCUT2D eigenvalue weighted by Gasteiger charge is -2.34. The molecule has 3 rings (SSSR count). The molecule has 1 aliphatic heterocycles. The van der Waals surface area contributed by atoms with Crippen molar-refractivity contribution < 1.29 is 4.79 Å². The number of hydrogen-bond acceptors (Lipinski definition) is 4. The van der Waals surface area contributed by atoms with E-state index in [9.17, 15) is 4.79 Å². The van der Waals surface area contributed by atoms with Gasteiger partial charge in [0, 0.05) is 56.1 Å². The van der Waals surface area contributed by atoms with Crippen LogP contribution in [0.2, 0.25) is 0 Å². The minimum Gasteiger partial charge on any atom is -0.354 e. The van der Waals surface area contributed by atoms with Crippen molar-refractivity contribution in [1.29, 1.82) is 0 Å². The van der Waals surface area contributed by atoms with Crippen molar-refractivity contribution in [3.8, 4) is 0 Å². The van der Waals surface area contributed by atoms with Crippen LogP contribution in [0.25, 0.3) is 0 Å². The van der Waals surface area contributed by atoms with Gasteiger partial charge in [-0.15, -0.1) is 0 Å². The van der Waals surface area contributed by atoms with Crippen molar-refractivity contribution in [2.24, 2.45) is 0 Å². The normalized spacial score (nSPS) is 15.3. The number of nitrogens with one attached hydrogen (secondary N) is 1. The second-order valence-corrected chi connectivity index (χ2v) is 7.37. The van der Waals surface area contributed by atoms with Gasteiger partial charge in [-0.25, -0.2) is 4.98 Å². The molecule has 140 valence electrons. The quantitative estimate of drug-likeness (QED) is 0.781. The number of pyridine rings is 1. The summed E-state index contributed by atoms with van der Waals surface area (Å²) in [4.78, 5) is 21.8. The average molecular weight is 420 g/mol. The topological polar surface area (TPSA) is 53.4 Å². The van der Waals surface area contributed by atoms with Crippen LogP contribution < -0.4 is 10.2 Å². The second kappa shape index (κ2) is 8.68. The second-order valence-electron chi connectivity index (χ2n) is 6.46. The fourth-order valence-corrected chi connectivity index (χ4v) is 3.67. The lowest BCUT2D eigenvalue weighted by atomic mass is 10.2. The number of carbonyl (C=O) groups excluding carboxylic acids is 1. The van der Waals surface area contributed by atoms with Gasteiger partial charge in [-0.3, -0.25) is 4.79 Å². The highest BCUT2D eigenvalue weighted by Crippen LogP contribution is 2.16. The van der Waals surface area contributed by atoms with E-state index in [0.29, 0.717) is 12.2 Å². The van der Waals surface area contributed by atoms with Gasteiger partial charge in [0.1, 0.15) is 11.5 Å². The van der Waals surface area contributed by atoms with Crippen LogP contribution in [0.3, 0.4) is 0 Å². The molecule has 0 atom stereocenters. The number of halogens is 1. The summed E-state index contributed by atoms with van der Waals surface area (Å²) in [5, 5.41) is 2.97. The van der Waals surface area contributed by atoms with Crippen molar-refractivity contribution >= 4 is 27.7 Å². The SMILES string of the molecule is CCN1CCN(c2ccc(CNC(=O)c3cc(Br)cn3CC)cn2)CC1. The average Bonchev–Trinajstić information content (AvgIpc) is 3.07. The summed E-state index contributed by atoms with van der Waals surface area (Å²) in [5.74, 6) is 0.942. The monoisotopic (exact) mass is 419 g/mol. The van der Waals surface area contributed by atoms with E-state index in [1.807, 2.05) is 36.0 Å². The molecule has 0 bridgehead atoms. The zero-order valence-corrected chi connectivity index (χ0v) is 17.0. The highest BCUT2D eigenvalue weighted by Gasteiger charge is 2.17. The predicted octanol–water partition coefficient (Wildman–Crippen LogP) is 2.74. The zero-order valence-electron chi connectivity index (χ0n) is 15.4. The summed E-state index contributed by atoms with van der Waals surface area (Å²) in [6, 6.07) is 5.94. The maximum absolute atomic E-state index is 12.4. The molecule has 7 heteroatoms. The van der Waals surface area contributed by atoms with Crippen LogP contribution in [-0.2, 0) is 13.1 Å². The van der Waals surface area contributed by atoms with Crippen molar-refractivity contribution in [3.63, 3.8) is 0 Å². The Labute approximate surface area is 163 Å². The summed E-state index contributed by atoms with van der Waals surface area (Å²) in [6.07, 6.45) is 3.78. The maximum atomic E-state index is 12.4. The first kappa shape index (κ1) is 18.9. The molecule has 1 N–H and O–H groups in total. The smallest absolute Gasteiger partial charge is 0.268 e. The molecule has 1 amide bonds. The summed E-state index contributed by atoms with van der Waals surface area (Å²) in [7, 11) is 0. The molecular weight excluding hydrogens is 394 g/mol. The molecule has 0 unspecified atom stereocenters. The molecule has 26 heavy (non-hydrogen) atoms. The molecule has 2 aromatic heterocycles. The summed E-state index contributed by atoms with van der Waals surface area (Å²) in [5.41, 5.74) is 1.67. The molecule has 0 spiro atoms. The Hall–Kier alpha value is -1.86. The number of amides is 1. The molecule has 0 aromatic carbocycles. The number of rotatable bonds is 6. The van der Waals surface area contributed by atoms with E-state index in [1.54, 1.807) is 0 Å². The first-order valence-electron chi connectivity index (χ1n) is 9.16. The molecule has 1 aliphatic rings. The van der Waals surface area contributed by atoms with Gasteiger partial charge in [-0.05, 0) is 47.1 Å². The fourth-order valence-electron chi connectivity index (χ4n) is 3.20. The standard InChI is InChI=1S/C19H26BrN5O/c1-3-23-7-9-25(10-8-23)18-6-5-15(12-21-18)13-22-19(26)17-11-16(20)14-24(17)4-2/h5-6,11-12,14H,3-4,7-10,13H2,1-2H3,(H,22,26). The highest BCUT2D eigenvalue weighted by molar-refractivity contribution is 9.10. The van der Waals surface area contributed by atoms with Gasteiger partial charge in [0.2, 0.25) is 0 Å². The number of hydrogen-bond donors (Lipinski definition) is 1. The Bertz CT molecular complexity index is 735. The molecule has 1 saturated heterocycles. The minimum atomic E-state index is -0.0719. The summed E-state index contributed by atoms with van der Waals surface area (Å²) >= 11 is 3.42. The first-order chi connectivity index (χ1) is 12.6. The number of likely N-dealkylation sites (N-methyl/N-ethyl adjacent to an activating group) is 1. The van der Waals surface area contributed by atoms with Crippen LogP contribution in [0.4, 0.5) is 5.82 Å². The van der Waals surface area contributed by atoms with Crippen LogP contribution in [0.1, 0.15) is 29.9 Å². The van der Waals surface area contributed by atoms with Gasteiger partial charge in [0.05, 0.1) is 0 Å². The van der Waals surface area contributed by atoms with E-state index in [-0.39, 0.29) is 5.91 Å². The minimum absolute atomic E-state index is 0.0719. The fraction of sp³-hybridized carbons (Fsp3) is 0.474. The lowest BCUT2D eigenvalue weighted by molar-refractivity contribution is 0.0941. The van der Waals surface area contributed by atoms with Gasteiger partial charge >= 0.3 is 0 Å². The highest BCUT2D eigenvalue weighted by atomic mass is 79.9. The van der Waals surface area contributed by atoms with E-state index in [4.69, 9.17) is 0 Å². The largest absolute Gasteiger partial charge is 0.354 e. The third-order valence-electron chi connectivity index (χ3n) is 4.84. The Morgan fingerprint density at radius 2 is 1.96 bits per heavy atom. The number of aryl methyl sites for hydroxylation is 1. The van der Waals surface area contributed by atoms with Crippen LogP contribution in [0.5, 0.6) is 0 Å². The Morgan fingerprint density at radius 1 is 1.19 bits per heavy atom. The van der Waals surface area contributed by atoms with E-state index in [0.717, 1.165) is 55.1 Å². The molecule has 0 aliphatic carbocycles. The lowest BCUT2D eigenvalue weighted by Crippen LogP contribution is -2.46. The van der Waals surface area contributed by atoms with Gasteiger partial charge in [-0.1, -0.05) is 13.0 Å². The van der Waals surface area contributed by atoms with E-state index < -0.39 is 0 Å². The molecular formula is C19H26BrN5O. The van der Waals surface area contributed by atoms with Crippen molar-refractivity contribution in [3.05, 3.63) is 46.3 Å². The Balaban J connectivity index is 1.55. The van der Waals surface area contributed by atoms with Crippen LogP contribution in [0, 0.1) is 0 Å². The summed E-state index contributed by atoms with van der Waals surface area (Å²) < 4.78 is 2.84. The van der Waals surface area contributed by atoms with Gasteiger partial charge in [-0.2, -0.15) is 0 Å². The zero-order chi connectivity index (χ0) is 18.5. The first-order valence-corrected chi connectivity index (χ1v) is 9.96. The third kappa shape index (κ3) is 4.45. The number of nitrogens with zero attached hydrogens (tertiary/aromatic N) is 4. The molecule has 3 heterocycles. The molecule has 6 nitrogen and oxygen atoms in total. The van der Waals surface area contributed by atoms with Gasteiger partial charge < -0.3 is 19.7 Å². The molecule has 1 fully saturated rings. The number of carbonyl (C=O) groups is 1. The van der Waals surface area contributed by atoms with Gasteiger partial charge in [0.25, 0.3) is 5.91 Å². The van der Waals surface area contributed by atoms with Crippen LogP contribution in [0.15, 0.2) is 35.1 Å².